The maximum absolute atomic E-state index is 6.17. The third-order valence-corrected chi connectivity index (χ3v) is 4.06. The fraction of sp³-hybridized carbons (Fsp3) is 0.312. The van der Waals surface area contributed by atoms with Crippen LogP contribution in [0.4, 0.5) is 11.5 Å². The summed E-state index contributed by atoms with van der Waals surface area (Å²) < 4.78 is 1.68. The molecule has 3 aromatic rings. The SMILES string of the molecule is Nc1cc(N2CCCCC2)cc2nc(-c3ccccn3)nn12. The van der Waals surface area contributed by atoms with Crippen molar-refractivity contribution in [3.63, 3.8) is 0 Å². The van der Waals surface area contributed by atoms with E-state index in [2.05, 4.69) is 26.0 Å². The summed E-state index contributed by atoms with van der Waals surface area (Å²) >= 11 is 0. The quantitative estimate of drug-likeness (QED) is 0.785. The van der Waals surface area contributed by atoms with Gasteiger partial charge in [-0.25, -0.2) is 4.98 Å². The van der Waals surface area contributed by atoms with Gasteiger partial charge in [-0.15, -0.1) is 5.10 Å². The molecule has 0 radical (unpaired) electrons. The highest BCUT2D eigenvalue weighted by Gasteiger charge is 2.15. The lowest BCUT2D eigenvalue weighted by Gasteiger charge is -2.28. The van der Waals surface area contributed by atoms with Gasteiger partial charge in [0.15, 0.2) is 5.65 Å². The van der Waals surface area contributed by atoms with Crippen molar-refractivity contribution in [2.45, 2.75) is 19.3 Å². The molecule has 6 nitrogen and oxygen atoms in total. The molecule has 0 spiro atoms. The van der Waals surface area contributed by atoms with Crippen LogP contribution < -0.4 is 10.6 Å². The Hall–Kier alpha value is -2.63. The number of nitrogen functional groups attached to an aromatic ring is 1. The molecule has 4 heterocycles. The molecule has 0 amide bonds. The molecule has 0 unspecified atom stereocenters. The molecule has 4 rings (SSSR count). The number of nitrogens with two attached hydrogens (primary N) is 1. The number of piperidine rings is 1. The Morgan fingerprint density at radius 3 is 2.68 bits per heavy atom. The first-order valence-electron chi connectivity index (χ1n) is 7.64. The topological polar surface area (TPSA) is 72.3 Å². The van der Waals surface area contributed by atoms with Gasteiger partial charge in [0.05, 0.1) is 0 Å². The molecule has 0 aromatic carbocycles. The molecule has 3 aromatic heterocycles. The van der Waals surface area contributed by atoms with Crippen molar-refractivity contribution in [1.82, 2.24) is 19.6 Å². The Kier molecular flexibility index (Phi) is 3.14. The number of hydrogen-bond acceptors (Lipinski definition) is 5. The predicted molar refractivity (Wildman–Crippen MR) is 86.7 cm³/mol. The zero-order chi connectivity index (χ0) is 14.9. The molecule has 0 bridgehead atoms. The van der Waals surface area contributed by atoms with Crippen LogP contribution in [0.2, 0.25) is 0 Å². The van der Waals surface area contributed by atoms with Crippen LogP contribution in [0.5, 0.6) is 0 Å². The van der Waals surface area contributed by atoms with E-state index in [4.69, 9.17) is 5.73 Å². The molecular weight excluding hydrogens is 276 g/mol. The largest absolute Gasteiger partial charge is 0.384 e. The maximum atomic E-state index is 6.17. The third-order valence-electron chi connectivity index (χ3n) is 4.06. The lowest BCUT2D eigenvalue weighted by Crippen LogP contribution is -2.29. The average Bonchev–Trinajstić information content (AvgIpc) is 3.01. The predicted octanol–water partition coefficient (Wildman–Crippen LogP) is 2.36. The van der Waals surface area contributed by atoms with Gasteiger partial charge in [0.25, 0.3) is 0 Å². The standard InChI is InChI=1S/C16H18N6/c17-14-10-12(21-8-4-1-5-9-21)11-15-19-16(20-22(14)15)13-6-2-3-7-18-13/h2-3,6-7,10-11H,1,4-5,8-9,17H2. The zero-order valence-electron chi connectivity index (χ0n) is 12.3. The summed E-state index contributed by atoms with van der Waals surface area (Å²) in [6.07, 6.45) is 5.51. The molecule has 6 heteroatoms. The van der Waals surface area contributed by atoms with Crippen LogP contribution in [0.25, 0.3) is 17.2 Å². The number of hydrogen-bond donors (Lipinski definition) is 1. The Morgan fingerprint density at radius 2 is 1.91 bits per heavy atom. The number of aromatic nitrogens is 4. The normalized spacial score (nSPS) is 15.4. The van der Waals surface area contributed by atoms with Crippen molar-refractivity contribution < 1.29 is 0 Å². The average molecular weight is 294 g/mol. The molecule has 112 valence electrons. The molecule has 1 fully saturated rings. The summed E-state index contributed by atoms with van der Waals surface area (Å²) in [5.41, 5.74) is 8.82. The fourth-order valence-electron chi connectivity index (χ4n) is 2.93. The highest BCUT2D eigenvalue weighted by Crippen LogP contribution is 2.25. The highest BCUT2D eigenvalue weighted by atomic mass is 15.3. The van der Waals surface area contributed by atoms with Crippen molar-refractivity contribution in [2.24, 2.45) is 0 Å². The number of anilines is 2. The molecule has 1 aliphatic heterocycles. The van der Waals surface area contributed by atoms with Crippen LogP contribution >= 0.6 is 0 Å². The summed E-state index contributed by atoms with van der Waals surface area (Å²) in [7, 11) is 0. The van der Waals surface area contributed by atoms with Gasteiger partial charge in [0, 0.05) is 37.1 Å². The van der Waals surface area contributed by atoms with Gasteiger partial charge < -0.3 is 10.6 Å². The molecule has 0 saturated carbocycles. The van der Waals surface area contributed by atoms with E-state index >= 15 is 0 Å². The summed E-state index contributed by atoms with van der Waals surface area (Å²) in [5.74, 6) is 1.20. The van der Waals surface area contributed by atoms with Gasteiger partial charge in [0.1, 0.15) is 11.5 Å². The Labute approximate surface area is 128 Å². The van der Waals surface area contributed by atoms with Crippen LogP contribution in [0.3, 0.4) is 0 Å². The number of pyridine rings is 2. The highest BCUT2D eigenvalue weighted by molar-refractivity contribution is 5.65. The lowest BCUT2D eigenvalue weighted by atomic mass is 10.1. The van der Waals surface area contributed by atoms with E-state index in [0.29, 0.717) is 11.6 Å². The lowest BCUT2D eigenvalue weighted by molar-refractivity contribution is 0.578. The molecule has 0 aliphatic carbocycles. The Morgan fingerprint density at radius 1 is 1.05 bits per heavy atom. The van der Waals surface area contributed by atoms with Gasteiger partial charge in [-0.3, -0.25) is 4.98 Å². The van der Waals surface area contributed by atoms with E-state index in [1.54, 1.807) is 10.7 Å². The maximum Gasteiger partial charge on any atom is 0.200 e. The number of nitrogens with zero attached hydrogens (tertiary/aromatic N) is 5. The summed E-state index contributed by atoms with van der Waals surface area (Å²) in [5, 5.41) is 4.47. The van der Waals surface area contributed by atoms with Crippen LogP contribution in [-0.2, 0) is 0 Å². The summed E-state index contributed by atoms with van der Waals surface area (Å²) in [6, 6.07) is 9.74. The second kappa shape index (κ2) is 5.29. The molecule has 0 atom stereocenters. The van der Waals surface area contributed by atoms with E-state index in [9.17, 15) is 0 Å². The molecule has 2 N–H and O–H groups in total. The molecule has 1 aliphatic rings. The summed E-state index contributed by atoms with van der Waals surface area (Å²) in [6.45, 7) is 2.16. The third kappa shape index (κ3) is 2.26. The minimum absolute atomic E-state index is 0.600. The van der Waals surface area contributed by atoms with Crippen molar-refractivity contribution in [3.8, 4) is 11.5 Å². The van der Waals surface area contributed by atoms with E-state index in [0.717, 1.165) is 30.1 Å². The van der Waals surface area contributed by atoms with Crippen molar-refractivity contribution in [1.29, 1.82) is 0 Å². The monoisotopic (exact) mass is 294 g/mol. The minimum atomic E-state index is 0.600. The molecule has 22 heavy (non-hydrogen) atoms. The van der Waals surface area contributed by atoms with Gasteiger partial charge in [0.2, 0.25) is 5.82 Å². The molecule has 1 saturated heterocycles. The van der Waals surface area contributed by atoms with Gasteiger partial charge in [-0.05, 0) is 31.4 Å². The van der Waals surface area contributed by atoms with Crippen molar-refractivity contribution in [3.05, 3.63) is 36.5 Å². The van der Waals surface area contributed by atoms with Crippen LogP contribution in [0.15, 0.2) is 36.5 Å². The first kappa shape index (κ1) is 13.1. The van der Waals surface area contributed by atoms with Crippen molar-refractivity contribution in [2.75, 3.05) is 23.7 Å². The van der Waals surface area contributed by atoms with Gasteiger partial charge >= 0.3 is 0 Å². The summed E-state index contributed by atoms with van der Waals surface area (Å²) in [4.78, 5) is 11.2. The second-order valence-corrected chi connectivity index (χ2v) is 5.61. The van der Waals surface area contributed by atoms with E-state index < -0.39 is 0 Å². The Balaban J connectivity index is 1.77. The minimum Gasteiger partial charge on any atom is -0.384 e. The van der Waals surface area contributed by atoms with Crippen LogP contribution in [0.1, 0.15) is 19.3 Å². The fourth-order valence-corrected chi connectivity index (χ4v) is 2.93. The van der Waals surface area contributed by atoms with E-state index in [1.165, 1.54) is 19.3 Å². The van der Waals surface area contributed by atoms with Crippen LogP contribution in [0, 0.1) is 0 Å². The van der Waals surface area contributed by atoms with Crippen LogP contribution in [-0.4, -0.2) is 32.7 Å². The van der Waals surface area contributed by atoms with Gasteiger partial charge in [-0.2, -0.15) is 4.52 Å². The first-order chi connectivity index (χ1) is 10.8. The smallest absolute Gasteiger partial charge is 0.200 e. The number of fused-ring (bicyclic) bond motifs is 1. The number of rotatable bonds is 2. The first-order valence-corrected chi connectivity index (χ1v) is 7.64. The Bertz CT molecular complexity index is 789. The zero-order valence-corrected chi connectivity index (χ0v) is 12.3. The second-order valence-electron chi connectivity index (χ2n) is 5.61. The molecular formula is C16H18N6. The van der Waals surface area contributed by atoms with E-state index in [-0.39, 0.29) is 0 Å². The van der Waals surface area contributed by atoms with Gasteiger partial charge in [-0.1, -0.05) is 6.07 Å². The van der Waals surface area contributed by atoms with E-state index in [1.807, 2.05) is 24.3 Å². The van der Waals surface area contributed by atoms with Crippen molar-refractivity contribution >= 4 is 17.2 Å².